The summed E-state index contributed by atoms with van der Waals surface area (Å²) in [4.78, 5) is 0. The Hall–Kier alpha value is -0.240. The van der Waals surface area contributed by atoms with Crippen molar-refractivity contribution in [2.24, 2.45) is 0 Å². The first-order chi connectivity index (χ1) is 6.47. The monoisotopic (exact) mass is 231 g/mol. The highest BCUT2D eigenvalue weighted by Gasteiger charge is 2.19. The lowest BCUT2D eigenvalue weighted by atomic mass is 9.94. The van der Waals surface area contributed by atoms with E-state index in [0.717, 1.165) is 12.1 Å². The smallest absolute Gasteiger partial charge is 0.0595 e. The van der Waals surface area contributed by atoms with E-state index in [-0.39, 0.29) is 5.54 Å². The Bertz CT molecular complexity index is 321. The van der Waals surface area contributed by atoms with Crippen LogP contribution in [-0.2, 0) is 5.54 Å². The highest BCUT2D eigenvalue weighted by molar-refractivity contribution is 6.42. The molecule has 0 aliphatic carbocycles. The molecule has 1 aromatic carbocycles. The van der Waals surface area contributed by atoms with E-state index in [2.05, 4.69) is 26.1 Å². The molecule has 0 aromatic heterocycles. The molecule has 0 saturated heterocycles. The average Bonchev–Trinajstić information content (AvgIpc) is 2.09. The Morgan fingerprint density at radius 1 is 1.21 bits per heavy atom. The molecule has 14 heavy (non-hydrogen) atoms. The summed E-state index contributed by atoms with van der Waals surface area (Å²) < 4.78 is 0. The van der Waals surface area contributed by atoms with Crippen molar-refractivity contribution in [1.82, 2.24) is 5.32 Å². The molecule has 0 aliphatic heterocycles. The molecule has 0 fully saturated rings. The lowest BCUT2D eigenvalue weighted by molar-refractivity contribution is 0.416. The molecule has 0 unspecified atom stereocenters. The lowest BCUT2D eigenvalue weighted by Gasteiger charge is -2.26. The van der Waals surface area contributed by atoms with Gasteiger partial charge in [-0.1, -0.05) is 36.2 Å². The van der Waals surface area contributed by atoms with Crippen LogP contribution in [0, 0.1) is 0 Å². The summed E-state index contributed by atoms with van der Waals surface area (Å²) in [5.74, 6) is 0. The predicted molar refractivity (Wildman–Crippen MR) is 63.2 cm³/mol. The van der Waals surface area contributed by atoms with E-state index in [1.165, 1.54) is 0 Å². The van der Waals surface area contributed by atoms with Gasteiger partial charge in [0.15, 0.2) is 0 Å². The number of hydrogen-bond donors (Lipinski definition) is 1. The van der Waals surface area contributed by atoms with Crippen LogP contribution in [0.5, 0.6) is 0 Å². The van der Waals surface area contributed by atoms with Crippen molar-refractivity contribution in [3.8, 4) is 0 Å². The molecule has 1 rings (SSSR count). The van der Waals surface area contributed by atoms with E-state index in [1.807, 2.05) is 18.2 Å². The van der Waals surface area contributed by atoms with Gasteiger partial charge in [0.05, 0.1) is 10.0 Å². The van der Waals surface area contributed by atoms with Crippen molar-refractivity contribution in [3.63, 3.8) is 0 Å². The summed E-state index contributed by atoms with van der Waals surface area (Å²) in [6, 6.07) is 5.74. The molecular formula is C11H15Cl2N. The van der Waals surface area contributed by atoms with Gasteiger partial charge in [0.2, 0.25) is 0 Å². The third-order valence-corrected chi connectivity index (χ3v) is 3.00. The molecule has 1 aromatic rings. The maximum atomic E-state index is 5.96. The first kappa shape index (κ1) is 11.8. The van der Waals surface area contributed by atoms with Crippen molar-refractivity contribution < 1.29 is 0 Å². The molecule has 78 valence electrons. The van der Waals surface area contributed by atoms with Crippen molar-refractivity contribution in [1.29, 1.82) is 0 Å². The Kier molecular flexibility index (Phi) is 3.82. The van der Waals surface area contributed by atoms with Crippen LogP contribution in [0.3, 0.4) is 0 Å². The van der Waals surface area contributed by atoms with E-state index in [4.69, 9.17) is 23.2 Å². The van der Waals surface area contributed by atoms with Gasteiger partial charge in [0.25, 0.3) is 0 Å². The zero-order valence-corrected chi connectivity index (χ0v) is 10.2. The fraction of sp³-hybridized carbons (Fsp3) is 0.455. The zero-order valence-electron chi connectivity index (χ0n) is 8.70. The van der Waals surface area contributed by atoms with Gasteiger partial charge in [-0.25, -0.2) is 0 Å². The molecule has 0 heterocycles. The number of nitrogens with one attached hydrogen (secondary N) is 1. The third kappa shape index (κ3) is 2.63. The van der Waals surface area contributed by atoms with Crippen molar-refractivity contribution >= 4 is 23.2 Å². The summed E-state index contributed by atoms with van der Waals surface area (Å²) in [7, 11) is 0. The van der Waals surface area contributed by atoms with Gasteiger partial charge in [-0.05, 0) is 38.1 Å². The third-order valence-electron chi connectivity index (χ3n) is 2.26. The number of rotatable bonds is 3. The summed E-state index contributed by atoms with van der Waals surface area (Å²) in [5.41, 5.74) is 1.08. The molecule has 3 heteroatoms. The van der Waals surface area contributed by atoms with Gasteiger partial charge >= 0.3 is 0 Å². The quantitative estimate of drug-likeness (QED) is 0.834. The van der Waals surface area contributed by atoms with Crippen molar-refractivity contribution in [2.45, 2.75) is 26.3 Å². The Labute approximate surface area is 95.4 Å². The normalized spacial score (nSPS) is 11.8. The van der Waals surface area contributed by atoms with Gasteiger partial charge in [-0.3, -0.25) is 0 Å². The average molecular weight is 232 g/mol. The summed E-state index contributed by atoms with van der Waals surface area (Å²) in [6.45, 7) is 7.25. The second kappa shape index (κ2) is 4.52. The van der Waals surface area contributed by atoms with Crippen molar-refractivity contribution in [2.75, 3.05) is 6.54 Å². The van der Waals surface area contributed by atoms with Gasteiger partial charge in [0, 0.05) is 5.54 Å². The lowest BCUT2D eigenvalue weighted by Crippen LogP contribution is -2.36. The first-order valence-electron chi connectivity index (χ1n) is 4.68. The Morgan fingerprint density at radius 2 is 1.86 bits per heavy atom. The van der Waals surface area contributed by atoms with Crippen LogP contribution in [0.1, 0.15) is 26.3 Å². The van der Waals surface area contributed by atoms with Crippen LogP contribution in [0.4, 0.5) is 0 Å². The molecule has 1 N–H and O–H groups in total. The maximum absolute atomic E-state index is 5.96. The van der Waals surface area contributed by atoms with Crippen LogP contribution < -0.4 is 5.32 Å². The molecule has 0 radical (unpaired) electrons. The van der Waals surface area contributed by atoms with Gasteiger partial charge in [-0.2, -0.15) is 0 Å². The van der Waals surface area contributed by atoms with Crippen LogP contribution >= 0.6 is 23.2 Å². The fourth-order valence-corrected chi connectivity index (χ4v) is 1.73. The number of benzene rings is 1. The molecule has 0 aliphatic rings. The highest BCUT2D eigenvalue weighted by Crippen LogP contribution is 2.28. The van der Waals surface area contributed by atoms with Crippen LogP contribution in [-0.4, -0.2) is 6.54 Å². The minimum absolute atomic E-state index is 0.0665. The summed E-state index contributed by atoms with van der Waals surface area (Å²) in [5, 5.41) is 4.59. The van der Waals surface area contributed by atoms with Crippen LogP contribution in [0.25, 0.3) is 0 Å². The van der Waals surface area contributed by atoms with E-state index in [9.17, 15) is 0 Å². The maximum Gasteiger partial charge on any atom is 0.0595 e. The fourth-order valence-electron chi connectivity index (χ4n) is 1.43. The summed E-state index contributed by atoms with van der Waals surface area (Å²) in [6.07, 6.45) is 0. The standard InChI is InChI=1S/C11H15Cl2N/c1-4-14-11(2,3)8-5-6-9(12)10(13)7-8/h5-7,14H,4H2,1-3H3. The molecular weight excluding hydrogens is 217 g/mol. The second-order valence-electron chi connectivity index (χ2n) is 3.78. The first-order valence-corrected chi connectivity index (χ1v) is 5.43. The predicted octanol–water partition coefficient (Wildman–Crippen LogP) is 3.84. The van der Waals surface area contributed by atoms with E-state index < -0.39 is 0 Å². The second-order valence-corrected chi connectivity index (χ2v) is 4.60. The van der Waals surface area contributed by atoms with Gasteiger partial charge in [0.1, 0.15) is 0 Å². The van der Waals surface area contributed by atoms with E-state index >= 15 is 0 Å². The Balaban J connectivity index is 3.01. The van der Waals surface area contributed by atoms with Gasteiger partial charge in [-0.15, -0.1) is 0 Å². The number of hydrogen-bond acceptors (Lipinski definition) is 1. The van der Waals surface area contributed by atoms with Crippen molar-refractivity contribution in [3.05, 3.63) is 33.8 Å². The highest BCUT2D eigenvalue weighted by atomic mass is 35.5. The molecule has 0 spiro atoms. The largest absolute Gasteiger partial charge is 0.308 e. The van der Waals surface area contributed by atoms with E-state index in [1.54, 1.807) is 0 Å². The number of halogens is 2. The SMILES string of the molecule is CCNC(C)(C)c1ccc(Cl)c(Cl)c1. The molecule has 0 bridgehead atoms. The molecule has 0 saturated carbocycles. The zero-order chi connectivity index (χ0) is 10.8. The minimum atomic E-state index is -0.0665. The topological polar surface area (TPSA) is 12.0 Å². The molecule has 0 amide bonds. The summed E-state index contributed by atoms with van der Waals surface area (Å²) >= 11 is 11.8. The van der Waals surface area contributed by atoms with Crippen LogP contribution in [0.15, 0.2) is 18.2 Å². The van der Waals surface area contributed by atoms with E-state index in [0.29, 0.717) is 10.0 Å². The van der Waals surface area contributed by atoms with Crippen LogP contribution in [0.2, 0.25) is 10.0 Å². The van der Waals surface area contributed by atoms with Gasteiger partial charge < -0.3 is 5.32 Å². The molecule has 0 atom stereocenters. The minimum Gasteiger partial charge on any atom is -0.308 e. The molecule has 1 nitrogen and oxygen atoms in total. The Morgan fingerprint density at radius 3 is 2.36 bits per heavy atom.